The molecule has 2 aromatic carbocycles. The van der Waals surface area contributed by atoms with Gasteiger partial charge < -0.3 is 19.4 Å². The van der Waals surface area contributed by atoms with Crippen molar-refractivity contribution in [3.8, 4) is 5.75 Å². The molecule has 4 rings (SSSR count). The molecule has 0 aliphatic carbocycles. The van der Waals surface area contributed by atoms with Crippen LogP contribution in [0.4, 0.5) is 4.79 Å². The second-order valence-corrected chi connectivity index (χ2v) is 7.39. The van der Waals surface area contributed by atoms with Crippen molar-refractivity contribution in [2.24, 2.45) is 0 Å². The number of piperidine rings is 1. The van der Waals surface area contributed by atoms with Crippen LogP contribution in [0.25, 0.3) is 0 Å². The first-order valence-corrected chi connectivity index (χ1v) is 10.3. The molecule has 156 valence electrons. The second kappa shape index (κ2) is 9.91. The number of carbonyl (C=O) groups is 1. The number of urea groups is 1. The van der Waals surface area contributed by atoms with Crippen LogP contribution in [0, 0.1) is 0 Å². The van der Waals surface area contributed by atoms with Crippen molar-refractivity contribution in [2.45, 2.75) is 31.8 Å². The Kier molecular flexibility index (Phi) is 6.59. The summed E-state index contributed by atoms with van der Waals surface area (Å²) < 4.78 is 11.5. The zero-order chi connectivity index (χ0) is 20.6. The molecule has 7 nitrogen and oxygen atoms in total. The summed E-state index contributed by atoms with van der Waals surface area (Å²) in [6, 6.07) is 19.6. The van der Waals surface area contributed by atoms with E-state index in [2.05, 4.69) is 27.6 Å². The fourth-order valence-electron chi connectivity index (χ4n) is 3.59. The fraction of sp³-hybridized carbons (Fsp3) is 0.348. The molecule has 7 heteroatoms. The number of rotatable bonds is 7. The van der Waals surface area contributed by atoms with E-state index in [1.165, 1.54) is 5.56 Å². The number of para-hydroxylation sites is 1. The van der Waals surface area contributed by atoms with E-state index in [0.717, 1.165) is 31.6 Å². The van der Waals surface area contributed by atoms with Crippen LogP contribution in [0.3, 0.4) is 0 Å². The van der Waals surface area contributed by atoms with Gasteiger partial charge in [-0.05, 0) is 37.0 Å². The molecule has 1 N–H and O–H groups in total. The smallest absolute Gasteiger partial charge is 0.317 e. The van der Waals surface area contributed by atoms with Gasteiger partial charge in [0.1, 0.15) is 5.75 Å². The van der Waals surface area contributed by atoms with Gasteiger partial charge in [-0.3, -0.25) is 0 Å². The summed E-state index contributed by atoms with van der Waals surface area (Å²) in [5.41, 5.74) is 1.21. The third kappa shape index (κ3) is 5.37. The Morgan fingerprint density at radius 2 is 1.87 bits per heavy atom. The average molecular weight is 406 g/mol. The van der Waals surface area contributed by atoms with Gasteiger partial charge in [0, 0.05) is 19.6 Å². The quantitative estimate of drug-likeness (QED) is 0.646. The van der Waals surface area contributed by atoms with Crippen LogP contribution in [-0.4, -0.2) is 40.8 Å². The Bertz CT molecular complexity index is 930. The van der Waals surface area contributed by atoms with Gasteiger partial charge in [-0.1, -0.05) is 48.5 Å². The minimum absolute atomic E-state index is 0.0391. The van der Waals surface area contributed by atoms with Gasteiger partial charge in [-0.2, -0.15) is 0 Å². The lowest BCUT2D eigenvalue weighted by molar-refractivity contribution is 0.173. The van der Waals surface area contributed by atoms with Crippen LogP contribution >= 0.6 is 0 Å². The Balaban J connectivity index is 1.26. The van der Waals surface area contributed by atoms with Crippen LogP contribution < -0.4 is 10.1 Å². The molecular weight excluding hydrogens is 380 g/mol. The van der Waals surface area contributed by atoms with Gasteiger partial charge in [0.25, 0.3) is 5.89 Å². The van der Waals surface area contributed by atoms with Crippen LogP contribution in [-0.2, 0) is 13.0 Å². The van der Waals surface area contributed by atoms with E-state index in [4.69, 9.17) is 9.15 Å². The van der Waals surface area contributed by atoms with E-state index < -0.39 is 0 Å². The van der Waals surface area contributed by atoms with Crippen molar-refractivity contribution in [3.63, 3.8) is 0 Å². The second-order valence-electron chi connectivity index (χ2n) is 7.39. The van der Waals surface area contributed by atoms with Crippen molar-refractivity contribution in [1.82, 2.24) is 20.4 Å². The third-order valence-electron chi connectivity index (χ3n) is 5.18. The molecule has 0 saturated carbocycles. The Morgan fingerprint density at radius 1 is 1.10 bits per heavy atom. The zero-order valence-electron chi connectivity index (χ0n) is 16.9. The SMILES string of the molecule is O=C(NCCc1ccccc1)N1CCCC(c2nnc(COc3ccccc3)o2)C1. The van der Waals surface area contributed by atoms with Gasteiger partial charge in [-0.25, -0.2) is 4.79 Å². The number of amides is 2. The van der Waals surface area contributed by atoms with Gasteiger partial charge in [0.05, 0.1) is 5.92 Å². The van der Waals surface area contributed by atoms with E-state index >= 15 is 0 Å². The Hall–Kier alpha value is -3.35. The molecule has 30 heavy (non-hydrogen) atoms. The number of ether oxygens (including phenoxy) is 1. The first-order valence-electron chi connectivity index (χ1n) is 10.3. The third-order valence-corrected chi connectivity index (χ3v) is 5.18. The number of nitrogens with one attached hydrogen (secondary N) is 1. The van der Waals surface area contributed by atoms with Crippen LogP contribution in [0.5, 0.6) is 5.75 Å². The topological polar surface area (TPSA) is 80.5 Å². The highest BCUT2D eigenvalue weighted by Crippen LogP contribution is 2.26. The van der Waals surface area contributed by atoms with Gasteiger partial charge >= 0.3 is 6.03 Å². The van der Waals surface area contributed by atoms with Crippen molar-refractivity contribution < 1.29 is 13.9 Å². The maximum Gasteiger partial charge on any atom is 0.317 e. The predicted molar refractivity (Wildman–Crippen MR) is 112 cm³/mol. The summed E-state index contributed by atoms with van der Waals surface area (Å²) in [5, 5.41) is 11.3. The maximum absolute atomic E-state index is 12.6. The molecule has 0 spiro atoms. The van der Waals surface area contributed by atoms with Crippen molar-refractivity contribution in [2.75, 3.05) is 19.6 Å². The van der Waals surface area contributed by atoms with Crippen LogP contribution in [0.2, 0.25) is 0 Å². The highest BCUT2D eigenvalue weighted by atomic mass is 16.5. The van der Waals surface area contributed by atoms with Gasteiger partial charge in [0.15, 0.2) is 6.61 Å². The molecule has 2 amide bonds. The van der Waals surface area contributed by atoms with E-state index in [0.29, 0.717) is 24.9 Å². The molecule has 0 bridgehead atoms. The normalized spacial score (nSPS) is 16.3. The summed E-state index contributed by atoms with van der Waals surface area (Å²) >= 11 is 0. The number of carbonyl (C=O) groups excluding carboxylic acids is 1. The van der Waals surface area contributed by atoms with E-state index in [-0.39, 0.29) is 18.6 Å². The summed E-state index contributed by atoms with van der Waals surface area (Å²) in [4.78, 5) is 14.4. The van der Waals surface area contributed by atoms with Crippen LogP contribution in [0.15, 0.2) is 65.1 Å². The monoisotopic (exact) mass is 406 g/mol. The number of likely N-dealkylation sites (tertiary alicyclic amines) is 1. The highest BCUT2D eigenvalue weighted by Gasteiger charge is 2.28. The summed E-state index contributed by atoms with van der Waals surface area (Å²) in [6.45, 7) is 2.17. The summed E-state index contributed by atoms with van der Waals surface area (Å²) in [6.07, 6.45) is 2.66. The summed E-state index contributed by atoms with van der Waals surface area (Å²) in [7, 11) is 0. The Labute approximate surface area is 176 Å². The molecule has 1 aliphatic heterocycles. The lowest BCUT2D eigenvalue weighted by atomic mass is 9.98. The van der Waals surface area contributed by atoms with Crippen molar-refractivity contribution in [3.05, 3.63) is 78.0 Å². The van der Waals surface area contributed by atoms with E-state index in [1.54, 1.807) is 0 Å². The standard InChI is InChI=1S/C23H26N4O3/c28-23(24-14-13-18-8-3-1-4-9-18)27-15-7-10-19(16-27)22-26-25-21(30-22)17-29-20-11-5-2-6-12-20/h1-6,8-9,11-12,19H,7,10,13-17H2,(H,24,28). The number of benzene rings is 2. The molecule has 1 aromatic heterocycles. The number of hydrogen-bond donors (Lipinski definition) is 1. The molecule has 1 fully saturated rings. The molecule has 1 saturated heterocycles. The first-order chi connectivity index (χ1) is 14.8. The minimum Gasteiger partial charge on any atom is -0.484 e. The molecule has 3 aromatic rings. The summed E-state index contributed by atoms with van der Waals surface area (Å²) in [5.74, 6) is 1.83. The molecular formula is C23H26N4O3. The number of nitrogens with zero attached hydrogens (tertiary/aromatic N) is 3. The lowest BCUT2D eigenvalue weighted by Gasteiger charge is -2.31. The first kappa shape index (κ1) is 19.9. The fourth-order valence-corrected chi connectivity index (χ4v) is 3.59. The van der Waals surface area contributed by atoms with Crippen molar-refractivity contribution in [1.29, 1.82) is 0 Å². The van der Waals surface area contributed by atoms with Gasteiger partial charge in [-0.15, -0.1) is 10.2 Å². The zero-order valence-corrected chi connectivity index (χ0v) is 16.9. The van der Waals surface area contributed by atoms with Crippen molar-refractivity contribution >= 4 is 6.03 Å². The van der Waals surface area contributed by atoms with E-state index in [1.807, 2.05) is 53.4 Å². The number of hydrogen-bond acceptors (Lipinski definition) is 5. The molecule has 1 unspecified atom stereocenters. The lowest BCUT2D eigenvalue weighted by Crippen LogP contribution is -2.45. The maximum atomic E-state index is 12.6. The molecule has 0 radical (unpaired) electrons. The Morgan fingerprint density at radius 3 is 2.67 bits per heavy atom. The molecule has 1 atom stereocenters. The molecule has 2 heterocycles. The van der Waals surface area contributed by atoms with Crippen LogP contribution in [0.1, 0.15) is 36.1 Å². The largest absolute Gasteiger partial charge is 0.484 e. The van der Waals surface area contributed by atoms with E-state index in [9.17, 15) is 4.79 Å². The molecule has 1 aliphatic rings. The predicted octanol–water partition coefficient (Wildman–Crippen LogP) is 3.78. The minimum atomic E-state index is -0.0391. The number of aromatic nitrogens is 2. The van der Waals surface area contributed by atoms with Gasteiger partial charge in [0.2, 0.25) is 5.89 Å². The average Bonchev–Trinajstić information content (AvgIpc) is 3.28. The highest BCUT2D eigenvalue weighted by molar-refractivity contribution is 5.74.